The Hall–Kier alpha value is -8.14. The highest BCUT2D eigenvalue weighted by atomic mass is 16.3. The van der Waals surface area contributed by atoms with Crippen molar-refractivity contribution in [1.82, 2.24) is 0 Å². The van der Waals surface area contributed by atoms with Gasteiger partial charge in [0.15, 0.2) is 0 Å². The molecule has 286 valence electrons. The number of fused-ring (bicyclic) bond motifs is 8. The van der Waals surface area contributed by atoms with Crippen molar-refractivity contribution in [3.8, 4) is 44.5 Å². The maximum atomic E-state index is 6.89. The van der Waals surface area contributed by atoms with Crippen molar-refractivity contribution in [3.63, 3.8) is 0 Å². The van der Waals surface area contributed by atoms with Gasteiger partial charge < -0.3 is 13.7 Å². The number of anilines is 3. The fraction of sp³-hybridized carbons (Fsp3) is 0. The molecule has 0 bridgehead atoms. The smallest absolute Gasteiger partial charge is 0.143 e. The fourth-order valence-electron chi connectivity index (χ4n) is 9.10. The van der Waals surface area contributed by atoms with Crippen molar-refractivity contribution in [2.24, 2.45) is 0 Å². The van der Waals surface area contributed by atoms with E-state index in [2.05, 4.69) is 217 Å². The number of rotatable bonds is 7. The summed E-state index contributed by atoms with van der Waals surface area (Å²) in [7, 11) is 0. The molecule has 10 aromatic carbocycles. The van der Waals surface area contributed by atoms with Gasteiger partial charge in [0, 0.05) is 49.6 Å². The van der Waals surface area contributed by atoms with Crippen molar-refractivity contribution in [2.75, 3.05) is 4.90 Å². The summed E-state index contributed by atoms with van der Waals surface area (Å²) in [6.45, 7) is 0. The monoisotopic (exact) mass is 779 g/mol. The van der Waals surface area contributed by atoms with E-state index in [1.54, 1.807) is 0 Å². The second kappa shape index (κ2) is 14.3. The molecule has 3 heteroatoms. The van der Waals surface area contributed by atoms with E-state index in [0.29, 0.717) is 0 Å². The van der Waals surface area contributed by atoms with E-state index in [-0.39, 0.29) is 0 Å². The van der Waals surface area contributed by atoms with Crippen LogP contribution in [0.1, 0.15) is 0 Å². The average molecular weight is 780 g/mol. The highest BCUT2D eigenvalue weighted by Gasteiger charge is 2.19. The van der Waals surface area contributed by atoms with Gasteiger partial charge in [-0.15, -0.1) is 0 Å². The lowest BCUT2D eigenvalue weighted by Gasteiger charge is -2.26. The molecular formula is C58H37NO2. The van der Waals surface area contributed by atoms with Crippen molar-refractivity contribution in [1.29, 1.82) is 0 Å². The van der Waals surface area contributed by atoms with E-state index >= 15 is 0 Å². The predicted octanol–water partition coefficient (Wildman–Crippen LogP) is 16.8. The molecule has 0 amide bonds. The zero-order chi connectivity index (χ0) is 40.3. The van der Waals surface area contributed by atoms with Crippen molar-refractivity contribution in [2.45, 2.75) is 0 Å². The van der Waals surface area contributed by atoms with Gasteiger partial charge in [0.25, 0.3) is 0 Å². The molecule has 0 fully saturated rings. The summed E-state index contributed by atoms with van der Waals surface area (Å²) >= 11 is 0. The largest absolute Gasteiger partial charge is 0.456 e. The quantitative estimate of drug-likeness (QED) is 0.161. The van der Waals surface area contributed by atoms with Crippen LogP contribution in [0, 0.1) is 0 Å². The molecule has 0 aliphatic rings. The second-order valence-corrected chi connectivity index (χ2v) is 15.7. The summed E-state index contributed by atoms with van der Waals surface area (Å²) in [6, 6.07) is 79.8. The molecule has 2 heterocycles. The number of nitrogens with zero attached hydrogens (tertiary/aromatic N) is 1. The van der Waals surface area contributed by atoms with Crippen LogP contribution in [0.5, 0.6) is 0 Å². The fourth-order valence-corrected chi connectivity index (χ4v) is 9.10. The van der Waals surface area contributed by atoms with Gasteiger partial charge in [0.05, 0.1) is 0 Å². The topological polar surface area (TPSA) is 29.5 Å². The van der Waals surface area contributed by atoms with E-state index in [1.807, 2.05) is 12.1 Å². The second-order valence-electron chi connectivity index (χ2n) is 15.7. The van der Waals surface area contributed by atoms with Gasteiger partial charge in [-0.2, -0.15) is 0 Å². The van der Waals surface area contributed by atoms with E-state index in [0.717, 1.165) is 94.1 Å². The number of furan rings is 2. The van der Waals surface area contributed by atoms with Crippen molar-refractivity contribution < 1.29 is 8.83 Å². The maximum absolute atomic E-state index is 6.89. The molecular weight excluding hydrogens is 743 g/mol. The highest BCUT2D eigenvalue weighted by molar-refractivity contribution is 6.20. The molecule has 0 N–H and O–H groups in total. The summed E-state index contributed by atoms with van der Waals surface area (Å²) in [5.74, 6) is 0. The van der Waals surface area contributed by atoms with Crippen LogP contribution in [0.25, 0.3) is 99.2 Å². The third-order valence-corrected chi connectivity index (χ3v) is 12.1. The van der Waals surface area contributed by atoms with Gasteiger partial charge in [-0.25, -0.2) is 0 Å². The summed E-state index contributed by atoms with van der Waals surface area (Å²) in [5, 5.41) is 6.79. The van der Waals surface area contributed by atoms with Crippen LogP contribution in [0.4, 0.5) is 17.1 Å². The molecule has 61 heavy (non-hydrogen) atoms. The van der Waals surface area contributed by atoms with Gasteiger partial charge in [0.1, 0.15) is 22.3 Å². The lowest BCUT2D eigenvalue weighted by atomic mass is 9.95. The first-order valence-electron chi connectivity index (χ1n) is 20.7. The minimum Gasteiger partial charge on any atom is -0.456 e. The van der Waals surface area contributed by atoms with Crippen LogP contribution in [0.2, 0.25) is 0 Å². The molecule has 0 radical (unpaired) electrons. The maximum Gasteiger partial charge on any atom is 0.143 e. The van der Waals surface area contributed by atoms with Gasteiger partial charge in [-0.3, -0.25) is 0 Å². The van der Waals surface area contributed by atoms with Crippen molar-refractivity contribution >= 4 is 71.7 Å². The van der Waals surface area contributed by atoms with Crippen LogP contribution < -0.4 is 4.90 Å². The molecule has 0 atom stereocenters. The zero-order valence-electron chi connectivity index (χ0n) is 33.1. The van der Waals surface area contributed by atoms with Gasteiger partial charge >= 0.3 is 0 Å². The number of hydrogen-bond acceptors (Lipinski definition) is 3. The molecule has 0 aliphatic carbocycles. The highest BCUT2D eigenvalue weighted by Crippen LogP contribution is 2.44. The number of hydrogen-bond donors (Lipinski definition) is 0. The van der Waals surface area contributed by atoms with Gasteiger partial charge in [-0.05, 0) is 105 Å². The Kier molecular flexibility index (Phi) is 8.17. The molecule has 0 saturated carbocycles. The Morgan fingerprint density at radius 2 is 0.770 bits per heavy atom. The summed E-state index contributed by atoms with van der Waals surface area (Å²) in [6.07, 6.45) is 0. The van der Waals surface area contributed by atoms with E-state index in [1.165, 1.54) is 22.1 Å². The molecule has 0 aliphatic heterocycles. The number of benzene rings is 10. The molecule has 12 aromatic rings. The van der Waals surface area contributed by atoms with Gasteiger partial charge in [-0.1, -0.05) is 164 Å². The predicted molar refractivity (Wildman–Crippen MR) is 255 cm³/mol. The van der Waals surface area contributed by atoms with Crippen LogP contribution in [-0.2, 0) is 0 Å². The molecule has 0 spiro atoms. The van der Waals surface area contributed by atoms with Crippen LogP contribution >= 0.6 is 0 Å². The molecule has 0 saturated heterocycles. The first kappa shape index (κ1) is 34.9. The van der Waals surface area contributed by atoms with E-state index in [4.69, 9.17) is 8.83 Å². The Balaban J connectivity index is 0.955. The van der Waals surface area contributed by atoms with Crippen LogP contribution in [-0.4, -0.2) is 0 Å². The first-order chi connectivity index (χ1) is 30.2. The lowest BCUT2D eigenvalue weighted by Crippen LogP contribution is -2.10. The average Bonchev–Trinajstić information content (AvgIpc) is 3.91. The minimum atomic E-state index is 0.894. The Morgan fingerprint density at radius 3 is 1.54 bits per heavy atom. The SMILES string of the molecule is c1ccc(-c2cccc(N(c3ccc(-c4ccc5oc6ccccc6c5c4)cc3)c3ccc(-c4cccc5c4oc4c6ccccc6c(-c6ccccc6)cc54)cc3)c2)cc1. The van der Waals surface area contributed by atoms with Gasteiger partial charge in [0.2, 0.25) is 0 Å². The Labute approximate surface area is 353 Å². The molecule has 3 nitrogen and oxygen atoms in total. The lowest BCUT2D eigenvalue weighted by molar-refractivity contribution is 0.669. The van der Waals surface area contributed by atoms with Crippen molar-refractivity contribution in [3.05, 3.63) is 224 Å². The summed E-state index contributed by atoms with van der Waals surface area (Å²) < 4.78 is 13.0. The molecule has 2 aromatic heterocycles. The number of para-hydroxylation sites is 2. The third kappa shape index (κ3) is 5.98. The first-order valence-corrected chi connectivity index (χ1v) is 20.7. The Bertz CT molecular complexity index is 3560. The molecule has 12 rings (SSSR count). The summed E-state index contributed by atoms with van der Waals surface area (Å²) in [5.41, 5.74) is 16.0. The molecule has 0 unspecified atom stereocenters. The minimum absolute atomic E-state index is 0.894. The van der Waals surface area contributed by atoms with Crippen LogP contribution in [0.3, 0.4) is 0 Å². The standard InChI is InChI=1S/C58H37NO2/c1-3-13-38(14-4-1)42-17-11-18-46(35-42)59(44-30-25-39(26-31-44)43-29-34-56-53(36-43)49-20-9-10-24-55(49)60-56)45-32-27-41(28-33-45)47-22-12-23-51-54-37-52(40-15-5-2-6-16-40)48-19-7-8-21-50(48)58(54)61-57(47)51/h1-37H. The van der Waals surface area contributed by atoms with E-state index < -0.39 is 0 Å². The Morgan fingerprint density at radius 1 is 0.246 bits per heavy atom. The zero-order valence-corrected chi connectivity index (χ0v) is 33.1. The van der Waals surface area contributed by atoms with E-state index in [9.17, 15) is 0 Å². The normalized spacial score (nSPS) is 11.6. The van der Waals surface area contributed by atoms with Crippen LogP contribution in [0.15, 0.2) is 233 Å². The summed E-state index contributed by atoms with van der Waals surface area (Å²) in [4.78, 5) is 2.34. The third-order valence-electron chi connectivity index (χ3n) is 12.1.